The number of methoxy groups -OCH3 is 1. The fraction of sp³-hybridized carbons (Fsp3) is 0.0952. The van der Waals surface area contributed by atoms with Gasteiger partial charge in [-0.05, 0) is 48.5 Å². The highest BCUT2D eigenvalue weighted by Crippen LogP contribution is 2.25. The number of nitrogens with one attached hydrogen (secondary N) is 2. The standard InChI is InChI=1S/C21H20N2O4S2/c1-27-20-10-6-5-9-19(20)22-21(24)15-28-17-13-11-16(12-14-17)23-29(25,26)18-7-3-2-4-8-18/h2-14,23H,15H2,1H3,(H,22,24). The first-order valence-corrected chi connectivity index (χ1v) is 11.2. The molecule has 8 heteroatoms. The summed E-state index contributed by atoms with van der Waals surface area (Å²) in [5.41, 5.74) is 1.07. The average molecular weight is 429 g/mol. The van der Waals surface area contributed by atoms with Crippen LogP contribution in [0.15, 0.2) is 88.7 Å². The second-order valence-corrected chi connectivity index (χ2v) is 8.71. The van der Waals surface area contributed by atoms with E-state index in [9.17, 15) is 13.2 Å². The zero-order valence-electron chi connectivity index (χ0n) is 15.7. The van der Waals surface area contributed by atoms with E-state index in [0.717, 1.165) is 4.90 Å². The molecule has 0 unspecified atom stereocenters. The molecule has 0 heterocycles. The van der Waals surface area contributed by atoms with Gasteiger partial charge in [0.2, 0.25) is 5.91 Å². The Hall–Kier alpha value is -2.97. The third-order valence-corrected chi connectivity index (χ3v) is 6.32. The zero-order valence-corrected chi connectivity index (χ0v) is 17.3. The van der Waals surface area contributed by atoms with Crippen LogP contribution in [0, 0.1) is 0 Å². The maximum absolute atomic E-state index is 12.3. The Bertz CT molecular complexity index is 1070. The third-order valence-electron chi connectivity index (χ3n) is 3.91. The van der Waals surface area contributed by atoms with Crippen LogP contribution in [0.1, 0.15) is 0 Å². The number of para-hydroxylation sites is 2. The summed E-state index contributed by atoms with van der Waals surface area (Å²) in [5, 5.41) is 2.82. The molecule has 1 amide bonds. The number of ether oxygens (including phenoxy) is 1. The van der Waals surface area contributed by atoms with Crippen LogP contribution < -0.4 is 14.8 Å². The zero-order chi connectivity index (χ0) is 20.7. The van der Waals surface area contributed by atoms with Gasteiger partial charge in [0, 0.05) is 10.6 Å². The minimum absolute atomic E-state index is 0.159. The number of amides is 1. The van der Waals surface area contributed by atoms with Gasteiger partial charge in [-0.2, -0.15) is 0 Å². The Kier molecular flexibility index (Phi) is 6.79. The number of anilines is 2. The second-order valence-electron chi connectivity index (χ2n) is 5.98. The number of carbonyl (C=O) groups is 1. The largest absolute Gasteiger partial charge is 0.495 e. The van der Waals surface area contributed by atoms with Crippen LogP contribution >= 0.6 is 11.8 Å². The predicted octanol–water partition coefficient (Wildman–Crippen LogP) is 4.23. The molecule has 0 radical (unpaired) electrons. The summed E-state index contributed by atoms with van der Waals surface area (Å²) in [6.07, 6.45) is 0. The highest BCUT2D eigenvalue weighted by atomic mass is 32.2. The van der Waals surface area contributed by atoms with Gasteiger partial charge in [-0.15, -0.1) is 11.8 Å². The van der Waals surface area contributed by atoms with E-state index < -0.39 is 10.0 Å². The molecule has 3 aromatic carbocycles. The summed E-state index contributed by atoms with van der Waals surface area (Å²) in [4.78, 5) is 13.2. The van der Waals surface area contributed by atoms with E-state index in [1.807, 2.05) is 12.1 Å². The van der Waals surface area contributed by atoms with Gasteiger partial charge in [0.25, 0.3) is 10.0 Å². The SMILES string of the molecule is COc1ccccc1NC(=O)CSc1ccc(NS(=O)(=O)c2ccccc2)cc1. The molecule has 29 heavy (non-hydrogen) atoms. The number of hydrogen-bond donors (Lipinski definition) is 2. The fourth-order valence-electron chi connectivity index (χ4n) is 2.52. The molecule has 6 nitrogen and oxygen atoms in total. The molecular weight excluding hydrogens is 408 g/mol. The van der Waals surface area contributed by atoms with Gasteiger partial charge in [0.1, 0.15) is 5.75 Å². The Morgan fingerprint density at radius 3 is 2.28 bits per heavy atom. The summed E-state index contributed by atoms with van der Waals surface area (Å²) in [5.74, 6) is 0.655. The van der Waals surface area contributed by atoms with Crippen LogP contribution in [0.3, 0.4) is 0 Å². The molecule has 2 N–H and O–H groups in total. The maximum Gasteiger partial charge on any atom is 0.261 e. The van der Waals surface area contributed by atoms with Crippen LogP contribution in [0.4, 0.5) is 11.4 Å². The van der Waals surface area contributed by atoms with E-state index >= 15 is 0 Å². The smallest absolute Gasteiger partial charge is 0.261 e. The lowest BCUT2D eigenvalue weighted by molar-refractivity contribution is -0.113. The topological polar surface area (TPSA) is 84.5 Å². The highest BCUT2D eigenvalue weighted by Gasteiger charge is 2.13. The molecule has 3 aromatic rings. The number of sulfonamides is 1. The Balaban J connectivity index is 1.56. The normalized spacial score (nSPS) is 10.9. The number of rotatable bonds is 8. The van der Waals surface area contributed by atoms with Crippen molar-refractivity contribution in [2.45, 2.75) is 9.79 Å². The highest BCUT2D eigenvalue weighted by molar-refractivity contribution is 8.00. The molecule has 0 atom stereocenters. The molecule has 0 spiro atoms. The molecule has 0 aliphatic rings. The van der Waals surface area contributed by atoms with Crippen LogP contribution in [-0.2, 0) is 14.8 Å². The first kappa shape index (κ1) is 20.8. The van der Waals surface area contributed by atoms with E-state index in [2.05, 4.69) is 10.0 Å². The van der Waals surface area contributed by atoms with Gasteiger partial charge >= 0.3 is 0 Å². The van der Waals surface area contributed by atoms with Crippen molar-refractivity contribution in [2.75, 3.05) is 22.9 Å². The van der Waals surface area contributed by atoms with Crippen molar-refractivity contribution < 1.29 is 17.9 Å². The predicted molar refractivity (Wildman–Crippen MR) is 116 cm³/mol. The van der Waals surface area contributed by atoms with Crippen molar-refractivity contribution in [3.63, 3.8) is 0 Å². The van der Waals surface area contributed by atoms with Gasteiger partial charge < -0.3 is 10.1 Å². The van der Waals surface area contributed by atoms with Crippen molar-refractivity contribution in [3.8, 4) is 5.75 Å². The lowest BCUT2D eigenvalue weighted by Gasteiger charge is -2.10. The summed E-state index contributed by atoms with van der Waals surface area (Å²) in [6, 6.07) is 22.2. The molecule has 0 bridgehead atoms. The number of thioether (sulfide) groups is 1. The molecule has 0 aliphatic heterocycles. The fourth-order valence-corrected chi connectivity index (χ4v) is 4.29. The molecule has 150 valence electrons. The van der Waals surface area contributed by atoms with E-state index in [-0.39, 0.29) is 16.6 Å². The molecule has 0 saturated heterocycles. The molecule has 0 aliphatic carbocycles. The van der Waals surface area contributed by atoms with Crippen molar-refractivity contribution in [2.24, 2.45) is 0 Å². The van der Waals surface area contributed by atoms with Gasteiger partial charge in [-0.25, -0.2) is 8.42 Å². The van der Waals surface area contributed by atoms with E-state index in [4.69, 9.17) is 4.74 Å². The first-order chi connectivity index (χ1) is 14.0. The summed E-state index contributed by atoms with van der Waals surface area (Å²) >= 11 is 1.35. The quantitative estimate of drug-likeness (QED) is 0.525. The van der Waals surface area contributed by atoms with Crippen LogP contribution in [0.2, 0.25) is 0 Å². The van der Waals surface area contributed by atoms with Gasteiger partial charge in [-0.1, -0.05) is 30.3 Å². The number of benzene rings is 3. The van der Waals surface area contributed by atoms with Crippen LogP contribution in [0.25, 0.3) is 0 Å². The Morgan fingerprint density at radius 1 is 0.931 bits per heavy atom. The monoisotopic (exact) mass is 428 g/mol. The summed E-state index contributed by atoms with van der Waals surface area (Å²) in [7, 11) is -2.08. The summed E-state index contributed by atoms with van der Waals surface area (Å²) in [6.45, 7) is 0. The molecule has 3 rings (SSSR count). The van der Waals surface area contributed by atoms with Crippen LogP contribution in [0.5, 0.6) is 5.75 Å². The lowest BCUT2D eigenvalue weighted by atomic mass is 10.3. The third kappa shape index (κ3) is 5.75. The molecule has 0 aromatic heterocycles. The second kappa shape index (κ2) is 9.49. The number of hydrogen-bond acceptors (Lipinski definition) is 5. The Labute approximate surface area is 174 Å². The molecule has 0 saturated carbocycles. The minimum Gasteiger partial charge on any atom is -0.495 e. The van der Waals surface area contributed by atoms with Crippen molar-refractivity contribution in [1.29, 1.82) is 0 Å². The van der Waals surface area contributed by atoms with Crippen LogP contribution in [-0.4, -0.2) is 27.2 Å². The van der Waals surface area contributed by atoms with Gasteiger partial charge in [0.15, 0.2) is 0 Å². The van der Waals surface area contributed by atoms with E-state index in [0.29, 0.717) is 17.1 Å². The average Bonchev–Trinajstić information content (AvgIpc) is 2.74. The Morgan fingerprint density at radius 2 is 1.59 bits per heavy atom. The van der Waals surface area contributed by atoms with Crippen molar-refractivity contribution >= 4 is 39.1 Å². The maximum atomic E-state index is 12.3. The van der Waals surface area contributed by atoms with Crippen molar-refractivity contribution in [1.82, 2.24) is 0 Å². The molecular formula is C21H20N2O4S2. The molecule has 0 fully saturated rings. The van der Waals surface area contributed by atoms with Crippen molar-refractivity contribution in [3.05, 3.63) is 78.9 Å². The number of carbonyl (C=O) groups excluding carboxylic acids is 1. The van der Waals surface area contributed by atoms with E-state index in [1.165, 1.54) is 23.9 Å². The van der Waals surface area contributed by atoms with E-state index in [1.54, 1.807) is 61.7 Å². The minimum atomic E-state index is -3.63. The van der Waals surface area contributed by atoms with Gasteiger partial charge in [-0.3, -0.25) is 9.52 Å². The summed E-state index contributed by atoms with van der Waals surface area (Å²) < 4.78 is 32.5. The lowest BCUT2D eigenvalue weighted by Crippen LogP contribution is -2.14. The first-order valence-electron chi connectivity index (χ1n) is 8.71. The van der Waals surface area contributed by atoms with Gasteiger partial charge in [0.05, 0.1) is 23.4 Å².